The number of halogens is 1. The van der Waals surface area contributed by atoms with E-state index in [1.54, 1.807) is 19.1 Å². The molecule has 1 aliphatic rings. The normalized spacial score (nSPS) is 13.7. The molecule has 0 N–H and O–H groups in total. The van der Waals surface area contributed by atoms with Crippen molar-refractivity contribution in [2.75, 3.05) is 19.8 Å². The number of amides is 1. The smallest absolute Gasteiger partial charge is 0.307 e. The molecule has 152 valence electrons. The Kier molecular flexibility index (Phi) is 5.89. The largest absolute Gasteiger partial charge is 0.486 e. The zero-order valence-electron chi connectivity index (χ0n) is 15.5. The summed E-state index contributed by atoms with van der Waals surface area (Å²) in [6, 6.07) is 7.05. The summed E-state index contributed by atoms with van der Waals surface area (Å²) in [7, 11) is 0. The van der Waals surface area contributed by atoms with E-state index >= 15 is 0 Å². The van der Waals surface area contributed by atoms with Gasteiger partial charge in [-0.25, -0.2) is 0 Å². The average Bonchev–Trinajstić information content (AvgIpc) is 3.28. The molecule has 2 aromatic heterocycles. The van der Waals surface area contributed by atoms with Crippen molar-refractivity contribution in [1.82, 2.24) is 4.57 Å². The molecule has 3 heterocycles. The summed E-state index contributed by atoms with van der Waals surface area (Å²) < 4.78 is 19.6. The minimum absolute atomic E-state index is 0.167. The van der Waals surface area contributed by atoms with Gasteiger partial charge in [0.25, 0.3) is 5.91 Å². The predicted octanol–water partition coefficient (Wildman–Crippen LogP) is 3.88. The molecule has 3 aromatic rings. The molecule has 1 amide bonds. The number of ether oxygens (including phenoxy) is 3. The fourth-order valence-corrected chi connectivity index (χ4v) is 4.91. The Bertz CT molecular complexity index is 1150. The van der Waals surface area contributed by atoms with Gasteiger partial charge in [-0.15, -0.1) is 11.3 Å². The van der Waals surface area contributed by atoms with E-state index in [2.05, 4.69) is 4.99 Å². The van der Waals surface area contributed by atoms with Gasteiger partial charge >= 0.3 is 5.97 Å². The summed E-state index contributed by atoms with van der Waals surface area (Å²) in [6.07, 6.45) is 0.167. The van der Waals surface area contributed by atoms with Crippen molar-refractivity contribution >= 4 is 56.4 Å². The highest BCUT2D eigenvalue weighted by atomic mass is 35.5. The summed E-state index contributed by atoms with van der Waals surface area (Å²) in [5.74, 6) is 0.606. The first-order chi connectivity index (χ1) is 14.0. The SMILES string of the molecule is CCOC(=O)CCn1c(=NC(=O)c2ccc(Cl)s2)sc2cc3c(cc21)OCCO3. The van der Waals surface area contributed by atoms with Crippen LogP contribution < -0.4 is 14.3 Å². The lowest BCUT2D eigenvalue weighted by Crippen LogP contribution is -2.20. The number of thiophene rings is 1. The van der Waals surface area contributed by atoms with Gasteiger partial charge in [-0.2, -0.15) is 4.99 Å². The van der Waals surface area contributed by atoms with Crippen LogP contribution in [0.2, 0.25) is 4.34 Å². The number of thiazole rings is 1. The third-order valence-electron chi connectivity index (χ3n) is 4.17. The van der Waals surface area contributed by atoms with Crippen LogP contribution in [-0.4, -0.2) is 36.3 Å². The maximum atomic E-state index is 12.6. The Morgan fingerprint density at radius 2 is 1.97 bits per heavy atom. The third kappa shape index (κ3) is 4.31. The van der Waals surface area contributed by atoms with E-state index in [0.29, 0.717) is 51.9 Å². The highest BCUT2D eigenvalue weighted by molar-refractivity contribution is 7.18. The molecule has 0 unspecified atom stereocenters. The van der Waals surface area contributed by atoms with Crippen molar-refractivity contribution in [2.45, 2.75) is 19.9 Å². The second kappa shape index (κ2) is 8.56. The number of carbonyl (C=O) groups excluding carboxylic acids is 2. The van der Waals surface area contributed by atoms with Gasteiger partial charge in [-0.3, -0.25) is 9.59 Å². The van der Waals surface area contributed by atoms with Gasteiger partial charge in [0.05, 0.1) is 32.5 Å². The van der Waals surface area contributed by atoms with Crippen LogP contribution in [0.1, 0.15) is 23.0 Å². The van der Waals surface area contributed by atoms with Crippen LogP contribution in [0.15, 0.2) is 29.3 Å². The molecule has 7 nitrogen and oxygen atoms in total. The maximum Gasteiger partial charge on any atom is 0.307 e. The molecular weight excluding hydrogens is 436 g/mol. The Hall–Kier alpha value is -2.36. The minimum Gasteiger partial charge on any atom is -0.486 e. The van der Waals surface area contributed by atoms with E-state index in [9.17, 15) is 9.59 Å². The average molecular weight is 453 g/mol. The van der Waals surface area contributed by atoms with Crippen molar-refractivity contribution in [3.8, 4) is 11.5 Å². The number of nitrogens with zero attached hydrogens (tertiary/aromatic N) is 2. The van der Waals surface area contributed by atoms with Gasteiger partial charge in [-0.05, 0) is 19.1 Å². The standard InChI is InChI=1S/C19H17ClN2O5S2/c1-2-25-17(23)5-6-22-11-9-12-13(27-8-7-26-12)10-15(11)29-19(22)21-18(24)14-3-4-16(20)28-14/h3-4,9-10H,2,5-8H2,1H3. The molecule has 0 fully saturated rings. The second-order valence-electron chi connectivity index (χ2n) is 6.08. The number of aryl methyl sites for hydroxylation is 1. The van der Waals surface area contributed by atoms with Crippen molar-refractivity contribution in [3.63, 3.8) is 0 Å². The van der Waals surface area contributed by atoms with Crippen LogP contribution in [-0.2, 0) is 16.1 Å². The van der Waals surface area contributed by atoms with Crippen LogP contribution in [0, 0.1) is 0 Å². The molecule has 1 aliphatic heterocycles. The molecule has 4 rings (SSSR count). The second-order valence-corrected chi connectivity index (χ2v) is 8.80. The summed E-state index contributed by atoms with van der Waals surface area (Å²) in [6.45, 7) is 3.37. The van der Waals surface area contributed by atoms with Crippen molar-refractivity contribution < 1.29 is 23.8 Å². The minimum atomic E-state index is -0.379. The van der Waals surface area contributed by atoms with Gasteiger partial charge in [0.2, 0.25) is 0 Å². The zero-order chi connectivity index (χ0) is 20.4. The predicted molar refractivity (Wildman–Crippen MR) is 111 cm³/mol. The van der Waals surface area contributed by atoms with Crippen LogP contribution in [0.4, 0.5) is 0 Å². The summed E-state index contributed by atoms with van der Waals surface area (Å²) >= 11 is 8.46. The quantitative estimate of drug-likeness (QED) is 0.549. The fraction of sp³-hybridized carbons (Fsp3) is 0.316. The zero-order valence-corrected chi connectivity index (χ0v) is 17.9. The number of hydrogen-bond donors (Lipinski definition) is 0. The van der Waals surface area contributed by atoms with Crippen LogP contribution in [0.25, 0.3) is 10.2 Å². The van der Waals surface area contributed by atoms with Crippen LogP contribution in [0.3, 0.4) is 0 Å². The van der Waals surface area contributed by atoms with Gasteiger partial charge in [-0.1, -0.05) is 22.9 Å². The number of fused-ring (bicyclic) bond motifs is 2. The lowest BCUT2D eigenvalue weighted by molar-refractivity contribution is -0.143. The van der Waals surface area contributed by atoms with Crippen molar-refractivity contribution in [3.05, 3.63) is 38.3 Å². The number of aromatic nitrogens is 1. The number of benzene rings is 1. The first kappa shape index (κ1) is 19.9. The number of hydrogen-bond acceptors (Lipinski definition) is 7. The number of rotatable bonds is 5. The molecule has 0 aliphatic carbocycles. The maximum absolute atomic E-state index is 12.6. The lowest BCUT2D eigenvalue weighted by Gasteiger charge is -2.18. The van der Waals surface area contributed by atoms with E-state index in [4.69, 9.17) is 25.8 Å². The Morgan fingerprint density at radius 1 is 1.21 bits per heavy atom. The van der Waals surface area contributed by atoms with Gasteiger partial charge in [0.1, 0.15) is 13.2 Å². The molecule has 0 spiro atoms. The van der Waals surface area contributed by atoms with Crippen LogP contribution in [0.5, 0.6) is 11.5 Å². The van der Waals surface area contributed by atoms with E-state index in [1.165, 1.54) is 22.7 Å². The highest BCUT2D eigenvalue weighted by Gasteiger charge is 2.18. The molecule has 10 heteroatoms. The van der Waals surface area contributed by atoms with Gasteiger partial charge < -0.3 is 18.8 Å². The van der Waals surface area contributed by atoms with E-state index in [1.807, 2.05) is 16.7 Å². The number of carbonyl (C=O) groups is 2. The summed E-state index contributed by atoms with van der Waals surface area (Å²) in [5, 5.41) is 0. The molecule has 0 saturated heterocycles. The molecular formula is C19H17ClN2O5S2. The summed E-state index contributed by atoms with van der Waals surface area (Å²) in [5.41, 5.74) is 0.819. The topological polar surface area (TPSA) is 79.1 Å². The molecule has 0 radical (unpaired) electrons. The fourth-order valence-electron chi connectivity index (χ4n) is 2.92. The summed E-state index contributed by atoms with van der Waals surface area (Å²) in [4.78, 5) is 29.7. The monoisotopic (exact) mass is 452 g/mol. The lowest BCUT2D eigenvalue weighted by atomic mass is 10.2. The van der Waals surface area contributed by atoms with Crippen molar-refractivity contribution in [1.29, 1.82) is 0 Å². The first-order valence-corrected chi connectivity index (χ1v) is 11.0. The van der Waals surface area contributed by atoms with E-state index in [-0.39, 0.29) is 18.3 Å². The molecule has 1 aromatic carbocycles. The molecule has 29 heavy (non-hydrogen) atoms. The van der Waals surface area contributed by atoms with Crippen molar-refractivity contribution in [2.24, 2.45) is 4.99 Å². The van der Waals surface area contributed by atoms with E-state index in [0.717, 1.165) is 10.2 Å². The van der Waals surface area contributed by atoms with Gasteiger partial charge in [0.15, 0.2) is 16.3 Å². The number of esters is 1. The Balaban J connectivity index is 1.78. The molecule has 0 saturated carbocycles. The molecule has 0 bridgehead atoms. The third-order valence-corrected chi connectivity index (χ3v) is 6.43. The van der Waals surface area contributed by atoms with Gasteiger partial charge in [0, 0.05) is 18.7 Å². The van der Waals surface area contributed by atoms with Crippen LogP contribution >= 0.6 is 34.3 Å². The Labute approximate surface area is 179 Å². The first-order valence-electron chi connectivity index (χ1n) is 8.98. The highest BCUT2D eigenvalue weighted by Crippen LogP contribution is 2.35. The van der Waals surface area contributed by atoms with E-state index < -0.39 is 0 Å². The molecule has 0 atom stereocenters. The Morgan fingerprint density at radius 3 is 2.66 bits per heavy atom.